The molecular formula is C29H29ClN4O3. The molecule has 1 saturated heterocycles. The van der Waals surface area contributed by atoms with Crippen LogP contribution in [0.2, 0.25) is 5.02 Å². The minimum Gasteiger partial charge on any atom is -0.487 e. The number of halogens is 1. The summed E-state index contributed by atoms with van der Waals surface area (Å²) in [6.45, 7) is 3.55. The van der Waals surface area contributed by atoms with Gasteiger partial charge in [-0.2, -0.15) is 0 Å². The number of carbonyl (C=O) groups is 1. The van der Waals surface area contributed by atoms with Crippen molar-refractivity contribution in [3.8, 4) is 17.0 Å². The predicted molar refractivity (Wildman–Crippen MR) is 143 cm³/mol. The molecule has 190 valence electrons. The molecule has 0 aliphatic carbocycles. The van der Waals surface area contributed by atoms with E-state index in [1.54, 1.807) is 17.2 Å². The number of likely N-dealkylation sites (tertiary alicyclic amines) is 1. The lowest BCUT2D eigenvalue weighted by Crippen LogP contribution is -2.45. The Hall–Kier alpha value is -3.68. The smallest absolute Gasteiger partial charge is 0.255 e. The monoisotopic (exact) mass is 516 g/mol. The van der Waals surface area contributed by atoms with Gasteiger partial charge in [-0.3, -0.25) is 9.78 Å². The van der Waals surface area contributed by atoms with Crippen molar-refractivity contribution in [3.05, 3.63) is 100 Å². The molecule has 2 N–H and O–H groups in total. The molecule has 4 aromatic rings. The molecule has 1 unspecified atom stereocenters. The van der Waals surface area contributed by atoms with E-state index >= 15 is 0 Å². The second-order valence-electron chi connectivity index (χ2n) is 9.32. The lowest BCUT2D eigenvalue weighted by atomic mass is 10.1. The molecule has 5 rings (SSSR count). The number of pyridine rings is 1. The van der Waals surface area contributed by atoms with Crippen LogP contribution in [0, 0.1) is 6.92 Å². The van der Waals surface area contributed by atoms with E-state index in [0.29, 0.717) is 41.8 Å². The fourth-order valence-electron chi connectivity index (χ4n) is 4.50. The number of piperidine rings is 1. The summed E-state index contributed by atoms with van der Waals surface area (Å²) in [5.41, 5.74) is 10.1. The highest BCUT2D eigenvalue weighted by atomic mass is 35.5. The summed E-state index contributed by atoms with van der Waals surface area (Å²) in [5.74, 6) is 2.10. The zero-order valence-electron chi connectivity index (χ0n) is 20.7. The number of nitrogens with two attached hydrogens (primary N) is 1. The van der Waals surface area contributed by atoms with Gasteiger partial charge >= 0.3 is 0 Å². The lowest BCUT2D eigenvalue weighted by molar-refractivity contribution is 0.0708. The van der Waals surface area contributed by atoms with E-state index in [1.165, 1.54) is 0 Å². The molecule has 1 aliphatic heterocycles. The number of carbonyl (C=O) groups excluding carboxylic acids is 1. The van der Waals surface area contributed by atoms with Gasteiger partial charge in [-0.05, 0) is 73.9 Å². The molecule has 37 heavy (non-hydrogen) atoms. The summed E-state index contributed by atoms with van der Waals surface area (Å²) in [6, 6.07) is 19.1. The largest absolute Gasteiger partial charge is 0.487 e. The Morgan fingerprint density at radius 1 is 1.19 bits per heavy atom. The molecule has 2 aromatic carbocycles. The fourth-order valence-corrected chi connectivity index (χ4v) is 4.71. The van der Waals surface area contributed by atoms with E-state index in [1.807, 2.05) is 61.5 Å². The van der Waals surface area contributed by atoms with E-state index in [4.69, 9.17) is 26.5 Å². The van der Waals surface area contributed by atoms with Gasteiger partial charge in [0.25, 0.3) is 5.91 Å². The number of aryl methyl sites for hydroxylation is 1. The number of rotatable bonds is 7. The first-order valence-electron chi connectivity index (χ1n) is 12.4. The second-order valence-corrected chi connectivity index (χ2v) is 9.76. The zero-order chi connectivity index (χ0) is 25.8. The summed E-state index contributed by atoms with van der Waals surface area (Å²) in [6.07, 6.45) is 4.08. The molecule has 0 spiro atoms. The van der Waals surface area contributed by atoms with E-state index in [2.05, 4.69) is 9.97 Å². The highest BCUT2D eigenvalue weighted by molar-refractivity contribution is 6.30. The molecule has 1 atom stereocenters. The quantitative estimate of drug-likeness (QED) is 0.352. The van der Waals surface area contributed by atoms with Crippen molar-refractivity contribution >= 4 is 17.5 Å². The summed E-state index contributed by atoms with van der Waals surface area (Å²) in [5, 5.41) is 0.693. The minimum atomic E-state index is -0.0235. The first-order chi connectivity index (χ1) is 17.9. The van der Waals surface area contributed by atoms with Gasteiger partial charge in [-0.25, -0.2) is 4.98 Å². The van der Waals surface area contributed by atoms with E-state index in [-0.39, 0.29) is 11.9 Å². The highest BCUT2D eigenvalue weighted by Gasteiger charge is 2.22. The van der Waals surface area contributed by atoms with Crippen LogP contribution in [-0.2, 0) is 13.0 Å². The van der Waals surface area contributed by atoms with Gasteiger partial charge in [0.1, 0.15) is 23.8 Å². The molecule has 1 aliphatic rings. The molecule has 2 aromatic heterocycles. The van der Waals surface area contributed by atoms with Gasteiger partial charge < -0.3 is 19.8 Å². The SMILES string of the molecule is Cc1oc(Cc2cccc(Cl)c2)nc1-c1ccc(OCc2ccc(C(=O)N3CCCC(N)C3)cn2)cc1. The predicted octanol–water partition coefficient (Wildman–Crippen LogP) is 5.43. The minimum absolute atomic E-state index is 0.0235. The Bertz CT molecular complexity index is 1370. The van der Waals surface area contributed by atoms with Crippen LogP contribution in [0.1, 0.15) is 46.1 Å². The lowest BCUT2D eigenvalue weighted by Gasteiger charge is -2.30. The topological polar surface area (TPSA) is 94.5 Å². The summed E-state index contributed by atoms with van der Waals surface area (Å²) >= 11 is 6.09. The van der Waals surface area contributed by atoms with Crippen molar-refractivity contribution in [2.75, 3.05) is 13.1 Å². The van der Waals surface area contributed by atoms with Gasteiger partial charge in [0.05, 0.1) is 11.3 Å². The van der Waals surface area contributed by atoms with Crippen molar-refractivity contribution < 1.29 is 13.9 Å². The third-order valence-electron chi connectivity index (χ3n) is 6.42. The van der Waals surface area contributed by atoms with Crippen LogP contribution in [0.25, 0.3) is 11.3 Å². The molecule has 0 bridgehead atoms. The molecule has 7 nitrogen and oxygen atoms in total. The second kappa shape index (κ2) is 11.2. The standard InChI is InChI=1S/C29H29ClN4O3/c1-19-28(33-27(37-19)15-20-4-2-5-23(30)14-20)21-8-11-26(12-9-21)36-18-25-10-7-22(16-32-25)29(35)34-13-3-6-24(31)17-34/h2,4-5,7-12,14,16,24H,3,6,13,15,17-18,31H2,1H3. The first-order valence-corrected chi connectivity index (χ1v) is 12.8. The van der Waals surface area contributed by atoms with Crippen LogP contribution in [0.4, 0.5) is 0 Å². The number of aromatic nitrogens is 2. The fraction of sp³-hybridized carbons (Fsp3) is 0.276. The maximum absolute atomic E-state index is 12.7. The Morgan fingerprint density at radius 2 is 2.03 bits per heavy atom. The molecular weight excluding hydrogens is 488 g/mol. The molecule has 8 heteroatoms. The van der Waals surface area contributed by atoms with E-state index in [9.17, 15) is 4.79 Å². The first kappa shape index (κ1) is 25.0. The highest BCUT2D eigenvalue weighted by Crippen LogP contribution is 2.27. The third-order valence-corrected chi connectivity index (χ3v) is 6.65. The summed E-state index contributed by atoms with van der Waals surface area (Å²) in [7, 11) is 0. The maximum Gasteiger partial charge on any atom is 0.255 e. The Labute approximate surface area is 221 Å². The average molecular weight is 517 g/mol. The van der Waals surface area contributed by atoms with Crippen molar-refractivity contribution in [1.82, 2.24) is 14.9 Å². The number of nitrogens with zero attached hydrogens (tertiary/aromatic N) is 3. The number of hydrogen-bond donors (Lipinski definition) is 1. The van der Waals surface area contributed by atoms with Crippen molar-refractivity contribution in [1.29, 1.82) is 0 Å². The molecule has 1 fully saturated rings. The molecule has 0 saturated carbocycles. The summed E-state index contributed by atoms with van der Waals surface area (Å²) in [4.78, 5) is 23.6. The normalized spacial score (nSPS) is 15.5. The van der Waals surface area contributed by atoms with E-state index < -0.39 is 0 Å². The number of hydrogen-bond acceptors (Lipinski definition) is 6. The Morgan fingerprint density at radius 3 is 2.76 bits per heavy atom. The maximum atomic E-state index is 12.7. The van der Waals surface area contributed by atoms with E-state index in [0.717, 1.165) is 47.7 Å². The summed E-state index contributed by atoms with van der Waals surface area (Å²) < 4.78 is 11.8. The Balaban J connectivity index is 1.18. The zero-order valence-corrected chi connectivity index (χ0v) is 21.4. The van der Waals surface area contributed by atoms with Gasteiger partial charge in [0.15, 0.2) is 5.89 Å². The number of amides is 1. The number of ether oxygens (including phenoxy) is 1. The van der Waals surface area contributed by atoms with Crippen LogP contribution in [-0.4, -0.2) is 39.9 Å². The number of oxazole rings is 1. The number of benzene rings is 2. The van der Waals surface area contributed by atoms with Gasteiger partial charge in [-0.1, -0.05) is 23.7 Å². The van der Waals surface area contributed by atoms with Crippen molar-refractivity contribution in [2.45, 2.75) is 38.8 Å². The van der Waals surface area contributed by atoms with Crippen LogP contribution in [0.5, 0.6) is 5.75 Å². The van der Waals surface area contributed by atoms with Gasteiger partial charge in [0, 0.05) is 42.3 Å². The molecule has 1 amide bonds. The van der Waals surface area contributed by atoms with Crippen LogP contribution < -0.4 is 10.5 Å². The van der Waals surface area contributed by atoms with Crippen LogP contribution >= 0.6 is 11.6 Å². The molecule has 3 heterocycles. The average Bonchev–Trinajstić information content (AvgIpc) is 3.27. The van der Waals surface area contributed by atoms with Crippen LogP contribution in [0.3, 0.4) is 0 Å². The van der Waals surface area contributed by atoms with Gasteiger partial charge in [-0.15, -0.1) is 0 Å². The van der Waals surface area contributed by atoms with Crippen molar-refractivity contribution in [3.63, 3.8) is 0 Å². The van der Waals surface area contributed by atoms with Gasteiger partial charge in [0.2, 0.25) is 0 Å². The Kier molecular flexibility index (Phi) is 7.53. The van der Waals surface area contributed by atoms with Crippen molar-refractivity contribution in [2.24, 2.45) is 5.73 Å². The van der Waals surface area contributed by atoms with Crippen LogP contribution in [0.15, 0.2) is 71.3 Å². The molecule has 0 radical (unpaired) electrons. The third kappa shape index (κ3) is 6.18.